The fourth-order valence-corrected chi connectivity index (χ4v) is 4.44. The van der Waals surface area contributed by atoms with Crippen molar-refractivity contribution in [3.8, 4) is 0 Å². The first-order valence-electron chi connectivity index (χ1n) is 9.09. The molecule has 0 saturated carbocycles. The Labute approximate surface area is 171 Å². The van der Waals surface area contributed by atoms with Crippen molar-refractivity contribution in [2.75, 3.05) is 17.3 Å². The fourth-order valence-electron chi connectivity index (χ4n) is 3.27. The lowest BCUT2D eigenvalue weighted by molar-refractivity contribution is -0.122. The summed E-state index contributed by atoms with van der Waals surface area (Å²) >= 11 is 1.69. The number of carbonyl (C=O) groups is 2. The van der Waals surface area contributed by atoms with Crippen molar-refractivity contribution in [1.29, 1.82) is 0 Å². The number of fused-ring (bicyclic) bond motifs is 1. The van der Waals surface area contributed by atoms with Gasteiger partial charge in [-0.1, -0.05) is 42.5 Å². The minimum Gasteiger partial charge on any atom is -0.452 e. The fraction of sp³-hybridized carbons (Fsp3) is 0.136. The minimum absolute atomic E-state index is 0.130. The van der Waals surface area contributed by atoms with E-state index in [1.807, 2.05) is 54.6 Å². The smallest absolute Gasteiger partial charge is 0.344 e. The number of nitrogens with zero attached hydrogens (tertiary/aromatic N) is 1. The van der Waals surface area contributed by atoms with Crippen LogP contribution in [0, 0.1) is 0 Å². The van der Waals surface area contributed by atoms with Gasteiger partial charge in [0.15, 0.2) is 6.61 Å². The van der Waals surface area contributed by atoms with Crippen LogP contribution in [0.3, 0.4) is 0 Å². The van der Waals surface area contributed by atoms with E-state index in [2.05, 4.69) is 4.98 Å². The van der Waals surface area contributed by atoms with E-state index in [0.717, 1.165) is 16.1 Å². The number of hydrogen-bond acceptors (Lipinski definition) is 5. The lowest BCUT2D eigenvalue weighted by atomic mass is 10.1. The van der Waals surface area contributed by atoms with Crippen molar-refractivity contribution in [3.05, 3.63) is 94.4 Å². The lowest BCUT2D eigenvalue weighted by Crippen LogP contribution is -2.41. The predicted molar refractivity (Wildman–Crippen MR) is 111 cm³/mol. The van der Waals surface area contributed by atoms with Gasteiger partial charge in [-0.25, -0.2) is 4.79 Å². The van der Waals surface area contributed by atoms with E-state index in [1.165, 1.54) is 18.3 Å². The minimum atomic E-state index is -0.823. The number of hydrogen-bond donors (Lipinski definition) is 1. The number of esters is 1. The summed E-state index contributed by atoms with van der Waals surface area (Å²) in [6, 6.07) is 20.1. The topological polar surface area (TPSA) is 79.5 Å². The molecule has 2 heterocycles. The summed E-state index contributed by atoms with van der Waals surface area (Å²) in [6.07, 6.45) is 1.43. The molecule has 146 valence electrons. The van der Waals surface area contributed by atoms with Crippen LogP contribution >= 0.6 is 11.8 Å². The summed E-state index contributed by atoms with van der Waals surface area (Å²) in [7, 11) is 0. The predicted octanol–water partition coefficient (Wildman–Crippen LogP) is 3.41. The van der Waals surface area contributed by atoms with Crippen LogP contribution in [0.15, 0.2) is 82.6 Å². The first-order chi connectivity index (χ1) is 14.1. The molecule has 0 spiro atoms. The molecule has 0 saturated heterocycles. The highest BCUT2D eigenvalue weighted by atomic mass is 32.2. The van der Waals surface area contributed by atoms with Crippen molar-refractivity contribution in [3.63, 3.8) is 0 Å². The van der Waals surface area contributed by atoms with E-state index < -0.39 is 18.1 Å². The second-order valence-electron chi connectivity index (χ2n) is 6.46. The van der Waals surface area contributed by atoms with E-state index in [4.69, 9.17) is 4.74 Å². The van der Waals surface area contributed by atoms with E-state index in [-0.39, 0.29) is 17.5 Å². The molecule has 7 heteroatoms. The van der Waals surface area contributed by atoms with Gasteiger partial charge in [0.05, 0.1) is 11.7 Å². The standard InChI is InChI=1S/C22H18N2O4S/c25-20(13-28-22(27)16-9-6-12-23-21(16)26)24-17-10-4-5-11-19(17)29-14-18(24)15-7-2-1-3-8-15/h1-12,18H,13-14H2,(H,23,26)/t18-/m1/s1. The van der Waals surface area contributed by atoms with Crippen LogP contribution < -0.4 is 10.5 Å². The third-order valence-electron chi connectivity index (χ3n) is 4.65. The van der Waals surface area contributed by atoms with Gasteiger partial charge in [0.2, 0.25) is 0 Å². The normalized spacial score (nSPS) is 15.4. The Bertz CT molecular complexity index is 1100. The Hall–Kier alpha value is -3.32. The maximum atomic E-state index is 13.1. The molecule has 1 atom stereocenters. The molecule has 3 aromatic rings. The molecule has 1 N–H and O–H groups in total. The number of nitrogens with one attached hydrogen (secondary N) is 1. The molecule has 0 unspecified atom stereocenters. The number of H-pyrrole nitrogens is 1. The largest absolute Gasteiger partial charge is 0.452 e. The maximum Gasteiger partial charge on any atom is 0.344 e. The zero-order valence-corrected chi connectivity index (χ0v) is 16.2. The van der Waals surface area contributed by atoms with Crippen molar-refractivity contribution >= 4 is 29.3 Å². The number of para-hydroxylation sites is 1. The van der Waals surface area contributed by atoms with Crippen LogP contribution in [-0.4, -0.2) is 29.2 Å². The van der Waals surface area contributed by atoms with Gasteiger partial charge in [0, 0.05) is 16.8 Å². The van der Waals surface area contributed by atoms with Crippen LogP contribution in [0.25, 0.3) is 0 Å². The first kappa shape index (κ1) is 19.0. The van der Waals surface area contributed by atoms with Crippen LogP contribution in [0.5, 0.6) is 0 Å². The van der Waals surface area contributed by atoms with Gasteiger partial charge < -0.3 is 9.72 Å². The quantitative estimate of drug-likeness (QED) is 0.672. The Morgan fingerprint density at radius 2 is 1.79 bits per heavy atom. The highest BCUT2D eigenvalue weighted by Gasteiger charge is 2.33. The monoisotopic (exact) mass is 406 g/mol. The second kappa shape index (κ2) is 8.36. The highest BCUT2D eigenvalue weighted by Crippen LogP contribution is 2.43. The lowest BCUT2D eigenvalue weighted by Gasteiger charge is -2.37. The number of pyridine rings is 1. The number of aromatic amines is 1. The van der Waals surface area contributed by atoms with Gasteiger partial charge >= 0.3 is 5.97 Å². The summed E-state index contributed by atoms with van der Waals surface area (Å²) in [5.74, 6) is -0.470. The van der Waals surface area contributed by atoms with Crippen LogP contribution in [0.4, 0.5) is 5.69 Å². The van der Waals surface area contributed by atoms with Gasteiger partial charge in [-0.05, 0) is 29.8 Å². The Kier molecular flexibility index (Phi) is 5.48. The summed E-state index contributed by atoms with van der Waals surface area (Å²) < 4.78 is 5.17. The van der Waals surface area contributed by atoms with Crippen LogP contribution in [0.1, 0.15) is 22.0 Å². The number of aromatic nitrogens is 1. The molecule has 2 aromatic carbocycles. The molecule has 1 aliphatic rings. The van der Waals surface area contributed by atoms with Crippen LogP contribution in [-0.2, 0) is 9.53 Å². The average Bonchev–Trinajstić information content (AvgIpc) is 2.77. The van der Waals surface area contributed by atoms with Crippen molar-refractivity contribution in [1.82, 2.24) is 4.98 Å². The number of amides is 1. The number of ether oxygens (including phenoxy) is 1. The number of rotatable bonds is 4. The number of benzene rings is 2. The van der Waals surface area contributed by atoms with Gasteiger partial charge in [0.1, 0.15) is 5.56 Å². The molecule has 0 bridgehead atoms. The second-order valence-corrected chi connectivity index (χ2v) is 7.52. The number of anilines is 1. The SMILES string of the molecule is O=C(OCC(=O)N1c2ccccc2SC[C@@H]1c1ccccc1)c1ccc[nH]c1=O. The third-order valence-corrected chi connectivity index (χ3v) is 5.79. The molecule has 1 amide bonds. The van der Waals surface area contributed by atoms with Gasteiger partial charge in [-0.2, -0.15) is 0 Å². The number of carbonyl (C=O) groups excluding carboxylic acids is 2. The molecule has 0 fully saturated rings. The maximum absolute atomic E-state index is 13.1. The Morgan fingerprint density at radius 1 is 1.03 bits per heavy atom. The molecule has 0 aliphatic carbocycles. The third kappa shape index (κ3) is 3.95. The van der Waals surface area contributed by atoms with E-state index >= 15 is 0 Å². The molecule has 1 aromatic heterocycles. The number of thioether (sulfide) groups is 1. The van der Waals surface area contributed by atoms with Crippen molar-refractivity contribution in [2.45, 2.75) is 10.9 Å². The Morgan fingerprint density at radius 3 is 2.59 bits per heavy atom. The van der Waals surface area contributed by atoms with Gasteiger partial charge in [-0.15, -0.1) is 11.8 Å². The van der Waals surface area contributed by atoms with Crippen molar-refractivity contribution in [2.24, 2.45) is 0 Å². The Balaban J connectivity index is 1.59. The zero-order valence-electron chi connectivity index (χ0n) is 15.4. The van der Waals surface area contributed by atoms with Crippen molar-refractivity contribution < 1.29 is 14.3 Å². The van der Waals surface area contributed by atoms with E-state index in [0.29, 0.717) is 5.75 Å². The molecule has 0 radical (unpaired) electrons. The summed E-state index contributed by atoms with van der Waals surface area (Å²) in [5, 5.41) is 0. The van der Waals surface area contributed by atoms with Gasteiger partial charge in [-0.3, -0.25) is 14.5 Å². The summed E-state index contributed by atoms with van der Waals surface area (Å²) in [5.41, 5.74) is 1.12. The summed E-state index contributed by atoms with van der Waals surface area (Å²) in [4.78, 5) is 42.2. The van der Waals surface area contributed by atoms with E-state index in [1.54, 1.807) is 16.7 Å². The summed E-state index contributed by atoms with van der Waals surface area (Å²) in [6.45, 7) is -0.449. The first-order valence-corrected chi connectivity index (χ1v) is 10.1. The van der Waals surface area contributed by atoms with E-state index in [9.17, 15) is 14.4 Å². The molecular weight excluding hydrogens is 388 g/mol. The van der Waals surface area contributed by atoms with Crippen LogP contribution in [0.2, 0.25) is 0 Å². The molecule has 1 aliphatic heterocycles. The molecule has 4 rings (SSSR count). The molecular formula is C22H18N2O4S. The molecule has 6 nitrogen and oxygen atoms in total. The molecule has 29 heavy (non-hydrogen) atoms. The highest BCUT2D eigenvalue weighted by molar-refractivity contribution is 7.99. The average molecular weight is 406 g/mol. The zero-order chi connectivity index (χ0) is 20.2. The van der Waals surface area contributed by atoms with Gasteiger partial charge in [0.25, 0.3) is 11.5 Å².